The Morgan fingerprint density at radius 1 is 1.28 bits per heavy atom. The van der Waals surface area contributed by atoms with Crippen LogP contribution in [0.4, 0.5) is 0 Å². The van der Waals surface area contributed by atoms with Crippen molar-refractivity contribution in [3.63, 3.8) is 0 Å². The van der Waals surface area contributed by atoms with Gasteiger partial charge in [0.25, 0.3) is 0 Å². The molecule has 4 heteroatoms. The molecule has 0 atom stereocenters. The van der Waals surface area contributed by atoms with E-state index in [1.54, 1.807) is 7.11 Å². The van der Waals surface area contributed by atoms with Gasteiger partial charge in [0.15, 0.2) is 0 Å². The molecule has 18 heavy (non-hydrogen) atoms. The summed E-state index contributed by atoms with van der Waals surface area (Å²) < 4.78 is 15.8. The number of carbonyl (C=O) groups excluding carboxylic acids is 1. The second-order valence-electron chi connectivity index (χ2n) is 4.57. The Kier molecular flexibility index (Phi) is 3.75. The fourth-order valence-electron chi connectivity index (χ4n) is 2.14. The van der Waals surface area contributed by atoms with Crippen LogP contribution in [0.2, 0.25) is 0 Å². The van der Waals surface area contributed by atoms with Gasteiger partial charge in [-0.25, -0.2) is 0 Å². The van der Waals surface area contributed by atoms with Gasteiger partial charge in [-0.2, -0.15) is 0 Å². The average Bonchev–Trinajstić information content (AvgIpc) is 2.36. The highest BCUT2D eigenvalue weighted by Gasteiger charge is 2.41. The molecule has 1 saturated carbocycles. The van der Waals surface area contributed by atoms with E-state index in [4.69, 9.17) is 14.2 Å². The summed E-state index contributed by atoms with van der Waals surface area (Å²) in [5.74, 6) is 1.26. The second kappa shape index (κ2) is 5.29. The molecule has 98 valence electrons. The van der Waals surface area contributed by atoms with Crippen LogP contribution in [0.5, 0.6) is 11.5 Å². The molecule has 2 rings (SSSR count). The Morgan fingerprint density at radius 2 is 2.00 bits per heavy atom. The summed E-state index contributed by atoms with van der Waals surface area (Å²) >= 11 is 0. The number of rotatable bonds is 5. The smallest absolute Gasteiger partial charge is 0.309 e. The van der Waals surface area contributed by atoms with Crippen LogP contribution in [-0.2, 0) is 9.53 Å². The van der Waals surface area contributed by atoms with Crippen molar-refractivity contribution in [2.75, 3.05) is 14.2 Å². The highest BCUT2D eigenvalue weighted by Crippen LogP contribution is 2.40. The highest BCUT2D eigenvalue weighted by molar-refractivity contribution is 5.70. The molecule has 0 amide bonds. The van der Waals surface area contributed by atoms with E-state index in [1.807, 2.05) is 24.3 Å². The van der Waals surface area contributed by atoms with Gasteiger partial charge in [-0.1, -0.05) is 6.07 Å². The van der Waals surface area contributed by atoms with Gasteiger partial charge in [-0.15, -0.1) is 0 Å². The van der Waals surface area contributed by atoms with Crippen molar-refractivity contribution in [1.29, 1.82) is 0 Å². The first-order valence-corrected chi connectivity index (χ1v) is 6.07. The van der Waals surface area contributed by atoms with Crippen LogP contribution in [0.3, 0.4) is 0 Å². The minimum Gasteiger partial charge on any atom is -0.497 e. The summed E-state index contributed by atoms with van der Waals surface area (Å²) in [6.45, 7) is 0. The molecule has 1 aromatic rings. The summed E-state index contributed by atoms with van der Waals surface area (Å²) in [7, 11) is 3.02. The second-order valence-corrected chi connectivity index (χ2v) is 4.57. The van der Waals surface area contributed by atoms with E-state index in [0.29, 0.717) is 6.42 Å². The van der Waals surface area contributed by atoms with Crippen LogP contribution in [0.25, 0.3) is 0 Å². The molecule has 0 aliphatic heterocycles. The van der Waals surface area contributed by atoms with Crippen molar-refractivity contribution < 1.29 is 19.0 Å². The number of carbonyl (C=O) groups is 1. The van der Waals surface area contributed by atoms with Gasteiger partial charge in [-0.3, -0.25) is 4.79 Å². The number of esters is 1. The quantitative estimate of drug-likeness (QED) is 0.753. The molecule has 4 nitrogen and oxygen atoms in total. The Balaban J connectivity index is 2.07. The van der Waals surface area contributed by atoms with Crippen LogP contribution in [0.15, 0.2) is 24.3 Å². The SMILES string of the molecule is COC(=O)CC1(Oc2cccc(OC)c2)CCC1. The van der Waals surface area contributed by atoms with Gasteiger partial charge < -0.3 is 14.2 Å². The maximum atomic E-state index is 11.4. The summed E-state index contributed by atoms with van der Waals surface area (Å²) in [4.78, 5) is 11.4. The molecular formula is C14H18O4. The summed E-state index contributed by atoms with van der Waals surface area (Å²) in [5.41, 5.74) is -0.389. The molecule has 0 bridgehead atoms. The minimum absolute atomic E-state index is 0.224. The number of methoxy groups -OCH3 is 2. The first-order chi connectivity index (χ1) is 8.67. The van der Waals surface area contributed by atoms with Gasteiger partial charge >= 0.3 is 5.97 Å². The van der Waals surface area contributed by atoms with Crippen molar-refractivity contribution in [1.82, 2.24) is 0 Å². The molecule has 1 fully saturated rings. The molecule has 0 heterocycles. The fraction of sp³-hybridized carbons (Fsp3) is 0.500. The van der Waals surface area contributed by atoms with Crippen LogP contribution in [0.1, 0.15) is 25.7 Å². The zero-order valence-electron chi connectivity index (χ0n) is 10.8. The topological polar surface area (TPSA) is 44.8 Å². The van der Waals surface area contributed by atoms with E-state index < -0.39 is 0 Å². The lowest BCUT2D eigenvalue weighted by atomic mass is 9.77. The number of ether oxygens (including phenoxy) is 3. The largest absolute Gasteiger partial charge is 0.497 e. The molecule has 0 aromatic heterocycles. The third-order valence-electron chi connectivity index (χ3n) is 3.33. The molecule has 0 radical (unpaired) electrons. The first kappa shape index (κ1) is 12.7. The molecule has 0 spiro atoms. The molecule has 0 N–H and O–H groups in total. The molecule has 1 aromatic carbocycles. The minimum atomic E-state index is -0.389. The van der Waals surface area contributed by atoms with E-state index in [1.165, 1.54) is 7.11 Å². The van der Waals surface area contributed by atoms with Crippen molar-refractivity contribution >= 4 is 5.97 Å². The lowest BCUT2D eigenvalue weighted by molar-refractivity contribution is -0.148. The zero-order valence-corrected chi connectivity index (χ0v) is 10.8. The van der Waals surface area contributed by atoms with Crippen LogP contribution < -0.4 is 9.47 Å². The van der Waals surface area contributed by atoms with Gasteiger partial charge in [0, 0.05) is 6.07 Å². The van der Waals surface area contributed by atoms with Crippen molar-refractivity contribution in [3.8, 4) is 11.5 Å². The van der Waals surface area contributed by atoms with Gasteiger partial charge in [0.05, 0.1) is 20.6 Å². The fourth-order valence-corrected chi connectivity index (χ4v) is 2.14. The predicted molar refractivity (Wildman–Crippen MR) is 66.8 cm³/mol. The van der Waals surface area contributed by atoms with Gasteiger partial charge in [-0.05, 0) is 31.4 Å². The van der Waals surface area contributed by atoms with Crippen LogP contribution >= 0.6 is 0 Å². The Morgan fingerprint density at radius 3 is 2.56 bits per heavy atom. The van der Waals surface area contributed by atoms with E-state index in [2.05, 4.69) is 0 Å². The van der Waals surface area contributed by atoms with Gasteiger partial charge in [0.1, 0.15) is 17.1 Å². The number of hydrogen-bond donors (Lipinski definition) is 0. The summed E-state index contributed by atoms with van der Waals surface area (Å²) in [6, 6.07) is 7.44. The lowest BCUT2D eigenvalue weighted by Gasteiger charge is -2.41. The zero-order chi connectivity index (χ0) is 13.0. The van der Waals surface area contributed by atoms with Gasteiger partial charge in [0.2, 0.25) is 0 Å². The van der Waals surface area contributed by atoms with E-state index in [0.717, 1.165) is 30.8 Å². The van der Waals surface area contributed by atoms with E-state index in [9.17, 15) is 4.79 Å². The maximum Gasteiger partial charge on any atom is 0.309 e. The van der Waals surface area contributed by atoms with Crippen molar-refractivity contribution in [2.24, 2.45) is 0 Å². The number of hydrogen-bond acceptors (Lipinski definition) is 4. The third kappa shape index (κ3) is 2.75. The Bertz CT molecular complexity index is 424. The standard InChI is InChI=1S/C14H18O4/c1-16-11-5-3-6-12(9-11)18-14(7-4-8-14)10-13(15)17-2/h3,5-6,9H,4,7-8,10H2,1-2H3. The molecule has 0 unspecified atom stereocenters. The molecule has 0 saturated heterocycles. The monoisotopic (exact) mass is 250 g/mol. The third-order valence-corrected chi connectivity index (χ3v) is 3.33. The summed E-state index contributed by atoms with van der Waals surface area (Å²) in [5, 5.41) is 0. The first-order valence-electron chi connectivity index (χ1n) is 6.07. The van der Waals surface area contributed by atoms with Crippen molar-refractivity contribution in [2.45, 2.75) is 31.3 Å². The normalized spacial score (nSPS) is 16.6. The molecular weight excluding hydrogens is 232 g/mol. The Labute approximate surface area is 107 Å². The highest BCUT2D eigenvalue weighted by atomic mass is 16.5. The summed E-state index contributed by atoms with van der Waals surface area (Å²) in [6.07, 6.45) is 3.17. The average molecular weight is 250 g/mol. The molecule has 1 aliphatic rings. The van der Waals surface area contributed by atoms with E-state index in [-0.39, 0.29) is 11.6 Å². The Hall–Kier alpha value is -1.71. The maximum absolute atomic E-state index is 11.4. The van der Waals surface area contributed by atoms with Crippen molar-refractivity contribution in [3.05, 3.63) is 24.3 Å². The predicted octanol–water partition coefficient (Wildman–Crippen LogP) is 2.56. The number of benzene rings is 1. The molecule has 1 aliphatic carbocycles. The van der Waals surface area contributed by atoms with Crippen LogP contribution in [-0.4, -0.2) is 25.8 Å². The lowest BCUT2D eigenvalue weighted by Crippen LogP contribution is -2.45. The van der Waals surface area contributed by atoms with E-state index >= 15 is 0 Å². The van der Waals surface area contributed by atoms with Crippen LogP contribution in [0, 0.1) is 0 Å².